The SMILES string of the molecule is COC(=O)Cc1nc(Nc2ccccc2)c2c(C)c(C)sc2n1. The third-order valence-electron chi connectivity index (χ3n) is 3.64. The van der Waals surface area contributed by atoms with Gasteiger partial charge in [0.05, 0.1) is 12.5 Å². The van der Waals surface area contributed by atoms with E-state index in [4.69, 9.17) is 4.74 Å². The van der Waals surface area contributed by atoms with Gasteiger partial charge in [-0.1, -0.05) is 18.2 Å². The van der Waals surface area contributed by atoms with Crippen LogP contribution in [0.4, 0.5) is 11.5 Å². The molecule has 0 atom stereocenters. The van der Waals surface area contributed by atoms with Crippen molar-refractivity contribution in [1.82, 2.24) is 9.97 Å². The minimum atomic E-state index is -0.347. The number of rotatable bonds is 4. The number of thiophene rings is 1. The maximum atomic E-state index is 11.5. The summed E-state index contributed by atoms with van der Waals surface area (Å²) in [5.74, 6) is 0.839. The van der Waals surface area contributed by atoms with Crippen LogP contribution in [0.25, 0.3) is 10.2 Å². The smallest absolute Gasteiger partial charge is 0.313 e. The molecule has 1 N–H and O–H groups in total. The van der Waals surface area contributed by atoms with Crippen LogP contribution in [0.1, 0.15) is 16.3 Å². The number of benzene rings is 1. The lowest BCUT2D eigenvalue weighted by Crippen LogP contribution is -2.09. The molecular weight excluding hydrogens is 310 g/mol. The van der Waals surface area contributed by atoms with Crippen LogP contribution in [-0.4, -0.2) is 23.0 Å². The van der Waals surface area contributed by atoms with Crippen LogP contribution in [0.5, 0.6) is 0 Å². The second kappa shape index (κ2) is 6.34. The number of ether oxygens (including phenoxy) is 1. The average molecular weight is 327 g/mol. The Morgan fingerprint density at radius 1 is 1.22 bits per heavy atom. The molecule has 6 heteroatoms. The number of nitrogens with zero attached hydrogens (tertiary/aromatic N) is 2. The molecular formula is C17H17N3O2S. The number of hydrogen-bond acceptors (Lipinski definition) is 6. The summed E-state index contributed by atoms with van der Waals surface area (Å²) in [4.78, 5) is 22.7. The normalized spacial score (nSPS) is 10.7. The molecule has 0 radical (unpaired) electrons. The van der Waals surface area contributed by atoms with Gasteiger partial charge in [-0.3, -0.25) is 4.79 Å². The Kier molecular flexibility index (Phi) is 4.25. The summed E-state index contributed by atoms with van der Waals surface area (Å²) < 4.78 is 4.72. The molecule has 0 aliphatic carbocycles. The van der Waals surface area contributed by atoms with Crippen molar-refractivity contribution in [3.63, 3.8) is 0 Å². The Balaban J connectivity index is 2.10. The van der Waals surface area contributed by atoms with Crippen molar-refractivity contribution in [2.75, 3.05) is 12.4 Å². The molecule has 0 bridgehead atoms. The van der Waals surface area contributed by atoms with Gasteiger partial charge in [-0.15, -0.1) is 11.3 Å². The van der Waals surface area contributed by atoms with E-state index in [0.717, 1.165) is 27.3 Å². The first-order valence-electron chi connectivity index (χ1n) is 7.24. The summed E-state index contributed by atoms with van der Waals surface area (Å²) in [7, 11) is 1.36. The monoisotopic (exact) mass is 327 g/mol. The van der Waals surface area contributed by atoms with E-state index >= 15 is 0 Å². The Morgan fingerprint density at radius 2 is 1.96 bits per heavy atom. The summed E-state index contributed by atoms with van der Waals surface area (Å²) in [6, 6.07) is 9.83. The first-order valence-corrected chi connectivity index (χ1v) is 8.05. The van der Waals surface area contributed by atoms with Gasteiger partial charge in [0.25, 0.3) is 0 Å². The van der Waals surface area contributed by atoms with Crippen molar-refractivity contribution in [2.24, 2.45) is 0 Å². The highest BCUT2D eigenvalue weighted by Crippen LogP contribution is 2.34. The van der Waals surface area contributed by atoms with Crippen molar-refractivity contribution < 1.29 is 9.53 Å². The van der Waals surface area contributed by atoms with Gasteiger partial charge >= 0.3 is 5.97 Å². The van der Waals surface area contributed by atoms with Crippen LogP contribution in [0, 0.1) is 13.8 Å². The number of nitrogens with one attached hydrogen (secondary N) is 1. The fourth-order valence-corrected chi connectivity index (χ4v) is 3.37. The van der Waals surface area contributed by atoms with Crippen molar-refractivity contribution in [3.8, 4) is 0 Å². The minimum Gasteiger partial charge on any atom is -0.469 e. The van der Waals surface area contributed by atoms with Gasteiger partial charge in [-0.2, -0.15) is 0 Å². The number of para-hydroxylation sites is 1. The molecule has 118 valence electrons. The van der Waals surface area contributed by atoms with Crippen molar-refractivity contribution in [3.05, 3.63) is 46.6 Å². The van der Waals surface area contributed by atoms with Crippen LogP contribution in [-0.2, 0) is 16.0 Å². The van der Waals surface area contributed by atoms with E-state index in [-0.39, 0.29) is 12.4 Å². The molecule has 0 fully saturated rings. The van der Waals surface area contributed by atoms with Gasteiger partial charge in [0.2, 0.25) is 0 Å². The molecule has 0 aliphatic rings. The second-order valence-corrected chi connectivity index (χ2v) is 6.40. The summed E-state index contributed by atoms with van der Waals surface area (Å²) in [5, 5.41) is 4.34. The molecule has 2 aromatic heterocycles. The van der Waals surface area contributed by atoms with Gasteiger partial charge in [0.15, 0.2) is 0 Å². The lowest BCUT2D eigenvalue weighted by atomic mass is 10.2. The number of esters is 1. The van der Waals surface area contributed by atoms with Crippen molar-refractivity contribution in [2.45, 2.75) is 20.3 Å². The predicted molar refractivity (Wildman–Crippen MR) is 92.3 cm³/mol. The number of aryl methyl sites for hydroxylation is 2. The predicted octanol–water partition coefficient (Wildman–Crippen LogP) is 3.77. The number of methoxy groups -OCH3 is 1. The highest BCUT2D eigenvalue weighted by atomic mass is 32.1. The number of anilines is 2. The zero-order valence-electron chi connectivity index (χ0n) is 13.2. The number of aromatic nitrogens is 2. The summed E-state index contributed by atoms with van der Waals surface area (Å²) >= 11 is 1.61. The fraction of sp³-hybridized carbons (Fsp3) is 0.235. The van der Waals surface area contributed by atoms with Gasteiger partial charge < -0.3 is 10.1 Å². The van der Waals surface area contributed by atoms with Gasteiger partial charge in [-0.05, 0) is 31.5 Å². The lowest BCUT2D eigenvalue weighted by molar-refractivity contribution is -0.139. The molecule has 0 unspecified atom stereocenters. The fourth-order valence-electron chi connectivity index (χ4n) is 2.32. The van der Waals surface area contributed by atoms with Crippen LogP contribution in [0.15, 0.2) is 30.3 Å². The third-order valence-corrected chi connectivity index (χ3v) is 4.74. The first-order chi connectivity index (χ1) is 11.1. The van der Waals surface area contributed by atoms with Gasteiger partial charge in [-0.25, -0.2) is 9.97 Å². The largest absolute Gasteiger partial charge is 0.469 e. The first kappa shape index (κ1) is 15.4. The van der Waals surface area contributed by atoms with Crippen molar-refractivity contribution >= 4 is 39.0 Å². The number of fused-ring (bicyclic) bond motifs is 1. The van der Waals surface area contributed by atoms with E-state index < -0.39 is 0 Å². The second-order valence-electron chi connectivity index (χ2n) is 5.20. The molecule has 0 saturated heterocycles. The topological polar surface area (TPSA) is 64.1 Å². The van der Waals surface area contributed by atoms with Gasteiger partial charge in [0, 0.05) is 10.6 Å². The highest BCUT2D eigenvalue weighted by molar-refractivity contribution is 7.18. The maximum absolute atomic E-state index is 11.5. The van der Waals surface area contributed by atoms with E-state index in [1.54, 1.807) is 11.3 Å². The number of carbonyl (C=O) groups is 1. The summed E-state index contributed by atoms with van der Waals surface area (Å²) in [6.07, 6.45) is 0.0614. The molecule has 0 saturated carbocycles. The standard InChI is InChI=1S/C17H17N3O2S/c1-10-11(2)23-17-15(10)16(18-12-7-5-4-6-8-12)19-13(20-17)9-14(21)22-3/h4-8H,9H2,1-3H3,(H,18,19,20). The van der Waals surface area contributed by atoms with E-state index in [1.165, 1.54) is 12.0 Å². The van der Waals surface area contributed by atoms with Crippen LogP contribution in [0.3, 0.4) is 0 Å². The molecule has 0 spiro atoms. The summed E-state index contributed by atoms with van der Waals surface area (Å²) in [5.41, 5.74) is 2.10. The zero-order valence-corrected chi connectivity index (χ0v) is 14.0. The van der Waals surface area contributed by atoms with Crippen molar-refractivity contribution in [1.29, 1.82) is 0 Å². The molecule has 23 heavy (non-hydrogen) atoms. The van der Waals surface area contributed by atoms with Crippen LogP contribution < -0.4 is 5.32 Å². The zero-order chi connectivity index (χ0) is 16.4. The molecule has 1 aromatic carbocycles. The van der Waals surface area contributed by atoms with E-state index in [0.29, 0.717) is 5.82 Å². The van der Waals surface area contributed by atoms with Crippen LogP contribution >= 0.6 is 11.3 Å². The molecule has 0 amide bonds. The quantitative estimate of drug-likeness (QED) is 0.739. The Bertz CT molecular complexity index is 859. The number of carbonyl (C=O) groups excluding carboxylic acids is 1. The molecule has 3 aromatic rings. The van der Waals surface area contributed by atoms with Crippen LogP contribution in [0.2, 0.25) is 0 Å². The van der Waals surface area contributed by atoms with Gasteiger partial charge in [0.1, 0.15) is 22.9 Å². The summed E-state index contributed by atoms with van der Waals surface area (Å²) in [6.45, 7) is 4.13. The van der Waals surface area contributed by atoms with E-state index in [2.05, 4.69) is 29.1 Å². The Labute approximate surface area is 138 Å². The molecule has 3 rings (SSSR count). The third kappa shape index (κ3) is 3.17. The maximum Gasteiger partial charge on any atom is 0.313 e. The molecule has 0 aliphatic heterocycles. The van der Waals surface area contributed by atoms with E-state index in [9.17, 15) is 4.79 Å². The lowest BCUT2D eigenvalue weighted by Gasteiger charge is -2.09. The number of hydrogen-bond donors (Lipinski definition) is 1. The minimum absolute atomic E-state index is 0.0614. The highest BCUT2D eigenvalue weighted by Gasteiger charge is 2.16. The average Bonchev–Trinajstić information content (AvgIpc) is 2.83. The van der Waals surface area contributed by atoms with E-state index in [1.807, 2.05) is 30.3 Å². The molecule has 2 heterocycles. The molecule has 5 nitrogen and oxygen atoms in total. The Hall–Kier alpha value is -2.47. The Morgan fingerprint density at radius 3 is 2.65 bits per heavy atom.